The first-order chi connectivity index (χ1) is 10.6. The van der Waals surface area contributed by atoms with Crippen LogP contribution in [0.15, 0.2) is 24.5 Å². The number of nitrogens with two attached hydrogens (primary N) is 1. The summed E-state index contributed by atoms with van der Waals surface area (Å²) in [6, 6.07) is 4.09. The Hall–Kier alpha value is -1.88. The van der Waals surface area contributed by atoms with Gasteiger partial charge in [0.05, 0.1) is 5.69 Å². The molecule has 0 aliphatic heterocycles. The molecule has 1 aliphatic rings. The second-order valence-corrected chi connectivity index (χ2v) is 6.48. The minimum atomic E-state index is 0.0990. The van der Waals surface area contributed by atoms with Crippen LogP contribution in [0.25, 0.3) is 11.0 Å². The highest BCUT2D eigenvalue weighted by molar-refractivity contribution is 6.01. The Labute approximate surface area is 130 Å². The molecule has 118 valence electrons. The summed E-state index contributed by atoms with van der Waals surface area (Å²) in [5, 5.41) is 4.08. The summed E-state index contributed by atoms with van der Waals surface area (Å²) in [6.45, 7) is 2.06. The van der Waals surface area contributed by atoms with Crippen molar-refractivity contribution in [2.45, 2.75) is 38.6 Å². The van der Waals surface area contributed by atoms with Crippen molar-refractivity contribution < 1.29 is 4.79 Å². The number of aryl methyl sites for hydroxylation is 1. The lowest BCUT2D eigenvalue weighted by atomic mass is 9.79. The summed E-state index contributed by atoms with van der Waals surface area (Å²) in [5.41, 5.74) is 7.71. The Morgan fingerprint density at radius 3 is 2.77 bits per heavy atom. The average molecular weight is 300 g/mol. The Balaban J connectivity index is 1.69. The van der Waals surface area contributed by atoms with Gasteiger partial charge in [-0.05, 0) is 50.7 Å². The monoisotopic (exact) mass is 300 g/mol. The molecule has 5 heteroatoms. The number of aromatic nitrogens is 2. The van der Waals surface area contributed by atoms with Crippen LogP contribution in [-0.4, -0.2) is 21.5 Å². The van der Waals surface area contributed by atoms with Crippen molar-refractivity contribution in [2.24, 2.45) is 24.6 Å². The van der Waals surface area contributed by atoms with Crippen LogP contribution < -0.4 is 11.1 Å². The molecule has 0 radical (unpaired) electrons. The lowest BCUT2D eigenvalue weighted by Crippen LogP contribution is -2.33. The van der Waals surface area contributed by atoms with Gasteiger partial charge in [0.2, 0.25) is 5.91 Å². The van der Waals surface area contributed by atoms with E-state index in [1.165, 1.54) is 0 Å². The number of hydrogen-bond donors (Lipinski definition) is 2. The van der Waals surface area contributed by atoms with Crippen LogP contribution >= 0.6 is 0 Å². The van der Waals surface area contributed by atoms with Crippen LogP contribution in [0.1, 0.15) is 32.6 Å². The summed E-state index contributed by atoms with van der Waals surface area (Å²) in [5.74, 6) is 0.784. The first-order valence-electron chi connectivity index (χ1n) is 8.02. The zero-order valence-corrected chi connectivity index (χ0v) is 13.2. The number of pyridine rings is 1. The van der Waals surface area contributed by atoms with E-state index in [4.69, 9.17) is 5.73 Å². The van der Waals surface area contributed by atoms with E-state index in [0.717, 1.165) is 42.4 Å². The molecule has 3 N–H and O–H groups in total. The second kappa shape index (κ2) is 6.08. The van der Waals surface area contributed by atoms with Crippen LogP contribution in [0.5, 0.6) is 0 Å². The van der Waals surface area contributed by atoms with Gasteiger partial charge in [0.15, 0.2) is 0 Å². The third-order valence-corrected chi connectivity index (χ3v) is 4.91. The third-order valence-electron chi connectivity index (χ3n) is 4.91. The van der Waals surface area contributed by atoms with E-state index in [2.05, 4.69) is 17.2 Å². The topological polar surface area (TPSA) is 72.9 Å². The molecule has 5 nitrogen and oxygen atoms in total. The molecule has 2 aromatic heterocycles. The van der Waals surface area contributed by atoms with Gasteiger partial charge in [0.1, 0.15) is 5.65 Å². The highest BCUT2D eigenvalue weighted by atomic mass is 16.1. The van der Waals surface area contributed by atoms with Gasteiger partial charge in [-0.2, -0.15) is 0 Å². The molecule has 2 heterocycles. The maximum absolute atomic E-state index is 12.5. The number of carbonyl (C=O) groups excluding carboxylic acids is 1. The first-order valence-corrected chi connectivity index (χ1v) is 8.02. The zero-order valence-electron chi connectivity index (χ0n) is 13.2. The molecule has 0 saturated heterocycles. The Kier molecular flexibility index (Phi) is 4.16. The molecule has 1 aliphatic carbocycles. The number of hydrogen-bond acceptors (Lipinski definition) is 3. The van der Waals surface area contributed by atoms with Crippen molar-refractivity contribution >= 4 is 22.6 Å². The highest BCUT2D eigenvalue weighted by Crippen LogP contribution is 2.31. The number of carbonyl (C=O) groups is 1. The molecule has 0 aromatic carbocycles. The smallest absolute Gasteiger partial charge is 0.227 e. The predicted octanol–water partition coefficient (Wildman–Crippen LogP) is 2.67. The normalized spacial score (nSPS) is 23.4. The van der Waals surface area contributed by atoms with Crippen molar-refractivity contribution in [3.05, 3.63) is 24.5 Å². The van der Waals surface area contributed by atoms with Gasteiger partial charge in [-0.1, -0.05) is 0 Å². The standard InChI is InChI=1S/C17H24N4O/c1-11(18)12-3-5-13(6-4-12)17(22)20-15-7-9-19-16-14(15)8-10-21(16)2/h7-13H,3-6,18H2,1-2H3,(H,19,20,22)/t11?,12-,13-. The van der Waals surface area contributed by atoms with E-state index in [0.29, 0.717) is 5.92 Å². The van der Waals surface area contributed by atoms with Gasteiger partial charge in [-0.15, -0.1) is 0 Å². The van der Waals surface area contributed by atoms with Gasteiger partial charge in [0, 0.05) is 36.8 Å². The van der Waals surface area contributed by atoms with Gasteiger partial charge in [-0.3, -0.25) is 4.79 Å². The number of rotatable bonds is 3. The molecule has 0 spiro atoms. The van der Waals surface area contributed by atoms with Gasteiger partial charge in [0.25, 0.3) is 0 Å². The molecule has 22 heavy (non-hydrogen) atoms. The second-order valence-electron chi connectivity index (χ2n) is 6.48. The van der Waals surface area contributed by atoms with Gasteiger partial charge in [-0.25, -0.2) is 4.98 Å². The fourth-order valence-corrected chi connectivity index (χ4v) is 3.42. The zero-order chi connectivity index (χ0) is 15.7. The van der Waals surface area contributed by atoms with Crippen molar-refractivity contribution in [3.63, 3.8) is 0 Å². The van der Waals surface area contributed by atoms with Crippen molar-refractivity contribution in [3.8, 4) is 0 Å². The molecule has 1 fully saturated rings. The lowest BCUT2D eigenvalue weighted by molar-refractivity contribution is -0.121. The predicted molar refractivity (Wildman–Crippen MR) is 88.4 cm³/mol. The maximum atomic E-state index is 12.5. The average Bonchev–Trinajstić information content (AvgIpc) is 2.90. The molecule has 1 atom stereocenters. The Morgan fingerprint density at radius 2 is 2.09 bits per heavy atom. The minimum Gasteiger partial charge on any atom is -0.336 e. The van der Waals surface area contributed by atoms with E-state index in [1.807, 2.05) is 29.9 Å². The lowest BCUT2D eigenvalue weighted by Gasteiger charge is -2.30. The third kappa shape index (κ3) is 2.86. The molecule has 1 amide bonds. The van der Waals surface area contributed by atoms with Gasteiger partial charge >= 0.3 is 0 Å². The van der Waals surface area contributed by atoms with Crippen LogP contribution in [0.3, 0.4) is 0 Å². The fourth-order valence-electron chi connectivity index (χ4n) is 3.42. The molecular formula is C17H24N4O. The number of amides is 1. The Bertz CT molecular complexity index is 668. The molecular weight excluding hydrogens is 276 g/mol. The summed E-state index contributed by atoms with van der Waals surface area (Å²) in [7, 11) is 1.95. The first kappa shape index (κ1) is 15.0. The van der Waals surface area contributed by atoms with Crippen LogP contribution in [-0.2, 0) is 11.8 Å². The van der Waals surface area contributed by atoms with E-state index in [9.17, 15) is 4.79 Å². The summed E-state index contributed by atoms with van der Waals surface area (Å²) in [4.78, 5) is 16.9. The summed E-state index contributed by atoms with van der Waals surface area (Å²) < 4.78 is 1.96. The SMILES string of the molecule is CC(N)[C@H]1CC[C@H](C(=O)Nc2ccnc3c2ccn3C)CC1. The minimum absolute atomic E-state index is 0.0990. The number of anilines is 1. The Morgan fingerprint density at radius 1 is 1.36 bits per heavy atom. The quantitative estimate of drug-likeness (QED) is 0.915. The van der Waals surface area contributed by atoms with E-state index >= 15 is 0 Å². The highest BCUT2D eigenvalue weighted by Gasteiger charge is 2.28. The van der Waals surface area contributed by atoms with E-state index in [1.54, 1.807) is 6.20 Å². The largest absolute Gasteiger partial charge is 0.336 e. The molecule has 1 unspecified atom stereocenters. The maximum Gasteiger partial charge on any atom is 0.227 e. The number of fused-ring (bicyclic) bond motifs is 1. The van der Waals surface area contributed by atoms with Crippen molar-refractivity contribution in [1.29, 1.82) is 0 Å². The van der Waals surface area contributed by atoms with Crippen molar-refractivity contribution in [1.82, 2.24) is 9.55 Å². The van der Waals surface area contributed by atoms with E-state index in [-0.39, 0.29) is 17.9 Å². The molecule has 0 bridgehead atoms. The van der Waals surface area contributed by atoms with E-state index < -0.39 is 0 Å². The fraction of sp³-hybridized carbons (Fsp3) is 0.529. The number of nitrogens with zero attached hydrogens (tertiary/aromatic N) is 2. The van der Waals surface area contributed by atoms with Crippen LogP contribution in [0, 0.1) is 11.8 Å². The van der Waals surface area contributed by atoms with Crippen LogP contribution in [0.2, 0.25) is 0 Å². The van der Waals surface area contributed by atoms with Crippen molar-refractivity contribution in [2.75, 3.05) is 5.32 Å². The van der Waals surface area contributed by atoms with Gasteiger partial charge < -0.3 is 15.6 Å². The number of nitrogens with one attached hydrogen (secondary N) is 1. The molecule has 2 aromatic rings. The molecule has 3 rings (SSSR count). The summed E-state index contributed by atoms with van der Waals surface area (Å²) in [6.07, 6.45) is 7.66. The van der Waals surface area contributed by atoms with Crippen LogP contribution in [0.4, 0.5) is 5.69 Å². The summed E-state index contributed by atoms with van der Waals surface area (Å²) >= 11 is 0. The molecule has 1 saturated carbocycles.